The van der Waals surface area contributed by atoms with Gasteiger partial charge in [0, 0.05) is 5.02 Å². The number of aliphatic hydroxyl groups excluding tert-OH is 1. The summed E-state index contributed by atoms with van der Waals surface area (Å²) in [6, 6.07) is 8.75. The molecule has 1 aliphatic rings. The molecule has 4 nitrogen and oxygen atoms in total. The maximum absolute atomic E-state index is 11.7. The Labute approximate surface area is 110 Å². The van der Waals surface area contributed by atoms with Crippen LogP contribution in [0.15, 0.2) is 24.3 Å². The molecule has 2 rings (SSSR count). The van der Waals surface area contributed by atoms with Crippen molar-refractivity contribution in [2.75, 3.05) is 0 Å². The van der Waals surface area contributed by atoms with Gasteiger partial charge in [-0.1, -0.05) is 23.7 Å². The van der Waals surface area contributed by atoms with E-state index in [2.05, 4.69) is 11.4 Å². The minimum absolute atomic E-state index is 0.0505. The number of benzene rings is 1. The van der Waals surface area contributed by atoms with Crippen LogP contribution in [0.1, 0.15) is 30.9 Å². The van der Waals surface area contributed by atoms with Gasteiger partial charge in [0.25, 0.3) is 0 Å². The van der Waals surface area contributed by atoms with Gasteiger partial charge in [-0.15, -0.1) is 0 Å². The number of carbonyl (C=O) groups excluding carboxylic acids is 1. The van der Waals surface area contributed by atoms with Gasteiger partial charge >= 0.3 is 0 Å². The molecule has 1 aromatic carbocycles. The van der Waals surface area contributed by atoms with Gasteiger partial charge in [-0.2, -0.15) is 5.26 Å². The molecule has 1 unspecified atom stereocenters. The molecule has 18 heavy (non-hydrogen) atoms. The minimum atomic E-state index is -0.878. The Kier molecular flexibility index (Phi) is 3.55. The molecule has 1 aliphatic carbocycles. The predicted molar refractivity (Wildman–Crippen MR) is 66.7 cm³/mol. The molecular weight excluding hydrogens is 252 g/mol. The molecule has 94 valence electrons. The SMILES string of the molecule is N#CC1(NC(=O)CC(O)c2ccc(Cl)cc2)CC1. The van der Waals surface area contributed by atoms with Crippen LogP contribution in [-0.2, 0) is 4.79 Å². The lowest BCUT2D eigenvalue weighted by Gasteiger charge is -2.13. The quantitative estimate of drug-likeness (QED) is 0.873. The number of nitrogens with one attached hydrogen (secondary N) is 1. The number of carbonyl (C=O) groups is 1. The second kappa shape index (κ2) is 4.97. The molecule has 1 aromatic rings. The zero-order valence-corrected chi connectivity index (χ0v) is 10.4. The van der Waals surface area contributed by atoms with E-state index in [9.17, 15) is 9.90 Å². The molecule has 0 radical (unpaired) electrons. The van der Waals surface area contributed by atoms with E-state index < -0.39 is 11.6 Å². The standard InChI is InChI=1S/C13H13ClN2O2/c14-10-3-1-9(2-4-10)11(17)7-12(18)16-13(8-15)5-6-13/h1-4,11,17H,5-7H2,(H,16,18). The summed E-state index contributed by atoms with van der Waals surface area (Å²) in [5.41, 5.74) is -0.0482. The largest absolute Gasteiger partial charge is 0.388 e. The van der Waals surface area contributed by atoms with Crippen molar-refractivity contribution in [3.8, 4) is 6.07 Å². The van der Waals surface area contributed by atoms with E-state index >= 15 is 0 Å². The topological polar surface area (TPSA) is 73.1 Å². The number of amides is 1. The van der Waals surface area contributed by atoms with E-state index in [1.54, 1.807) is 24.3 Å². The summed E-state index contributed by atoms with van der Waals surface area (Å²) in [7, 11) is 0. The Hall–Kier alpha value is -1.57. The van der Waals surface area contributed by atoms with Crippen LogP contribution in [0.5, 0.6) is 0 Å². The fourth-order valence-electron chi connectivity index (χ4n) is 1.69. The minimum Gasteiger partial charge on any atom is -0.388 e. The number of hydrogen-bond acceptors (Lipinski definition) is 3. The second-order valence-electron chi connectivity index (χ2n) is 4.51. The Morgan fingerprint density at radius 2 is 2.11 bits per heavy atom. The normalized spacial score (nSPS) is 17.6. The summed E-state index contributed by atoms with van der Waals surface area (Å²) >= 11 is 5.74. The average molecular weight is 265 g/mol. The number of hydrogen-bond donors (Lipinski definition) is 2. The van der Waals surface area contributed by atoms with Crippen LogP contribution >= 0.6 is 11.6 Å². The highest BCUT2D eigenvalue weighted by molar-refractivity contribution is 6.30. The van der Waals surface area contributed by atoms with Crippen molar-refractivity contribution in [3.63, 3.8) is 0 Å². The smallest absolute Gasteiger partial charge is 0.224 e. The van der Waals surface area contributed by atoms with Gasteiger partial charge in [0.05, 0.1) is 18.6 Å². The lowest BCUT2D eigenvalue weighted by molar-refractivity contribution is -0.123. The van der Waals surface area contributed by atoms with Crippen molar-refractivity contribution in [2.24, 2.45) is 0 Å². The van der Waals surface area contributed by atoms with Gasteiger partial charge in [-0.05, 0) is 30.5 Å². The van der Waals surface area contributed by atoms with E-state index in [4.69, 9.17) is 16.9 Å². The molecular formula is C13H13ClN2O2. The fraction of sp³-hybridized carbons (Fsp3) is 0.385. The first kappa shape index (κ1) is 12.9. The molecule has 1 atom stereocenters. The highest BCUT2D eigenvalue weighted by atomic mass is 35.5. The third-order valence-corrected chi connectivity index (χ3v) is 3.23. The lowest BCUT2D eigenvalue weighted by Crippen LogP contribution is -2.36. The fourth-order valence-corrected chi connectivity index (χ4v) is 1.81. The molecule has 0 aliphatic heterocycles. The molecule has 0 heterocycles. The summed E-state index contributed by atoms with van der Waals surface area (Å²) in [4.78, 5) is 11.7. The molecule has 1 fully saturated rings. The zero-order chi connectivity index (χ0) is 13.2. The Bertz CT molecular complexity index is 489. The summed E-state index contributed by atoms with van der Waals surface area (Å²) in [5.74, 6) is -0.309. The van der Waals surface area contributed by atoms with Gasteiger partial charge in [0.1, 0.15) is 5.54 Å². The maximum Gasteiger partial charge on any atom is 0.224 e. The van der Waals surface area contributed by atoms with Crippen molar-refractivity contribution in [1.82, 2.24) is 5.32 Å². The number of nitrogens with zero attached hydrogens (tertiary/aromatic N) is 1. The Morgan fingerprint density at radius 1 is 1.50 bits per heavy atom. The van der Waals surface area contributed by atoms with Crippen molar-refractivity contribution in [3.05, 3.63) is 34.9 Å². The molecule has 0 spiro atoms. The van der Waals surface area contributed by atoms with Crippen molar-refractivity contribution in [1.29, 1.82) is 5.26 Å². The second-order valence-corrected chi connectivity index (χ2v) is 4.95. The lowest BCUT2D eigenvalue weighted by atomic mass is 10.1. The van der Waals surface area contributed by atoms with Gasteiger partial charge in [0.15, 0.2) is 0 Å². The monoisotopic (exact) mass is 264 g/mol. The summed E-state index contributed by atoms with van der Waals surface area (Å²) in [5, 5.41) is 22.0. The van der Waals surface area contributed by atoms with Gasteiger partial charge < -0.3 is 10.4 Å². The molecule has 2 N–H and O–H groups in total. The van der Waals surface area contributed by atoms with Crippen LogP contribution in [-0.4, -0.2) is 16.6 Å². The van der Waals surface area contributed by atoms with Crippen molar-refractivity contribution < 1.29 is 9.90 Å². The van der Waals surface area contributed by atoms with E-state index in [-0.39, 0.29) is 12.3 Å². The molecule has 5 heteroatoms. The maximum atomic E-state index is 11.7. The van der Waals surface area contributed by atoms with Crippen LogP contribution in [0.25, 0.3) is 0 Å². The summed E-state index contributed by atoms with van der Waals surface area (Å²) in [6.45, 7) is 0. The van der Waals surface area contributed by atoms with Crippen molar-refractivity contribution >= 4 is 17.5 Å². The third-order valence-electron chi connectivity index (χ3n) is 2.98. The number of rotatable bonds is 4. The van der Waals surface area contributed by atoms with Crippen LogP contribution in [0.3, 0.4) is 0 Å². The first-order valence-electron chi connectivity index (χ1n) is 5.70. The van der Waals surface area contributed by atoms with Crippen molar-refractivity contribution in [2.45, 2.75) is 30.9 Å². The van der Waals surface area contributed by atoms with E-state index in [1.165, 1.54) is 0 Å². The molecule has 1 saturated carbocycles. The Morgan fingerprint density at radius 3 is 2.61 bits per heavy atom. The van der Waals surface area contributed by atoms with E-state index in [0.29, 0.717) is 23.4 Å². The molecule has 1 amide bonds. The van der Waals surface area contributed by atoms with Crippen LogP contribution in [0.4, 0.5) is 0 Å². The van der Waals surface area contributed by atoms with Crippen LogP contribution in [0, 0.1) is 11.3 Å². The van der Waals surface area contributed by atoms with Crippen LogP contribution in [0.2, 0.25) is 5.02 Å². The van der Waals surface area contributed by atoms with E-state index in [1.807, 2.05) is 0 Å². The first-order chi connectivity index (χ1) is 8.54. The summed E-state index contributed by atoms with van der Waals surface area (Å²) in [6.07, 6.45) is 0.445. The van der Waals surface area contributed by atoms with Gasteiger partial charge in [-0.25, -0.2) is 0 Å². The van der Waals surface area contributed by atoms with Gasteiger partial charge in [0.2, 0.25) is 5.91 Å². The third kappa shape index (κ3) is 3.00. The summed E-state index contributed by atoms with van der Waals surface area (Å²) < 4.78 is 0. The molecule has 0 aromatic heterocycles. The average Bonchev–Trinajstić information content (AvgIpc) is 3.10. The van der Waals surface area contributed by atoms with Crippen LogP contribution < -0.4 is 5.32 Å². The number of nitriles is 1. The van der Waals surface area contributed by atoms with Gasteiger partial charge in [-0.3, -0.25) is 4.79 Å². The predicted octanol–water partition coefficient (Wildman–Crippen LogP) is 1.94. The highest BCUT2D eigenvalue weighted by Gasteiger charge is 2.44. The molecule has 0 bridgehead atoms. The number of aliphatic hydroxyl groups is 1. The first-order valence-corrected chi connectivity index (χ1v) is 6.08. The Balaban J connectivity index is 1.91. The molecule has 0 saturated heterocycles. The highest BCUT2D eigenvalue weighted by Crippen LogP contribution is 2.34. The van der Waals surface area contributed by atoms with E-state index in [0.717, 1.165) is 0 Å². The zero-order valence-electron chi connectivity index (χ0n) is 9.69. The number of halogens is 1.